The second-order valence-electron chi connectivity index (χ2n) is 8.19. The van der Waals surface area contributed by atoms with Crippen LogP contribution in [0, 0.1) is 0 Å². The Bertz CT molecular complexity index is 1240. The quantitative estimate of drug-likeness (QED) is 0.439. The van der Waals surface area contributed by atoms with Crippen LogP contribution < -0.4 is 19.3 Å². The van der Waals surface area contributed by atoms with Gasteiger partial charge in [0.05, 0.1) is 19.7 Å². The fourth-order valence-electron chi connectivity index (χ4n) is 4.40. The minimum atomic E-state index is 0.311. The topological polar surface area (TPSA) is 63.6 Å². The van der Waals surface area contributed by atoms with Crippen molar-refractivity contribution in [2.75, 3.05) is 44.2 Å². The minimum Gasteiger partial charge on any atom is -0.497 e. The van der Waals surface area contributed by atoms with Gasteiger partial charge in [-0.3, -0.25) is 4.98 Å². The molecule has 0 saturated carbocycles. The number of hydrogen-bond donors (Lipinski definition) is 0. The molecule has 0 amide bonds. The standard InChI is InChI=1S/C26H27N5O2/c1-30(19-10-13-31(17-19)20-14-21(32-2)16-22(15-20)33-3)26-23-6-4-5-7-24(23)28-25(29-26)18-8-11-27-12-9-18/h4-9,11-12,14-16,19H,10,13,17H2,1-3H3. The second kappa shape index (κ2) is 8.94. The molecule has 2 aromatic heterocycles. The monoisotopic (exact) mass is 441 g/mol. The van der Waals surface area contributed by atoms with Crippen molar-refractivity contribution in [3.63, 3.8) is 0 Å². The third-order valence-corrected chi connectivity index (χ3v) is 6.27. The number of rotatable bonds is 6. The molecule has 1 fully saturated rings. The maximum absolute atomic E-state index is 5.47. The molecule has 0 radical (unpaired) electrons. The van der Waals surface area contributed by atoms with Gasteiger partial charge in [-0.15, -0.1) is 0 Å². The number of methoxy groups -OCH3 is 2. The van der Waals surface area contributed by atoms with E-state index < -0.39 is 0 Å². The molecule has 1 saturated heterocycles. The molecule has 168 valence electrons. The number of para-hydroxylation sites is 1. The van der Waals surface area contributed by atoms with Crippen molar-refractivity contribution in [1.82, 2.24) is 15.0 Å². The van der Waals surface area contributed by atoms with Gasteiger partial charge in [-0.1, -0.05) is 12.1 Å². The van der Waals surface area contributed by atoms with E-state index in [9.17, 15) is 0 Å². The largest absolute Gasteiger partial charge is 0.497 e. The molecule has 7 nitrogen and oxygen atoms in total. The van der Waals surface area contributed by atoms with Crippen LogP contribution in [-0.4, -0.2) is 55.4 Å². The average molecular weight is 442 g/mol. The fraction of sp³-hybridized carbons (Fsp3) is 0.269. The van der Waals surface area contributed by atoms with Crippen LogP contribution in [0.4, 0.5) is 11.5 Å². The Hall–Kier alpha value is -3.87. The molecule has 7 heteroatoms. The first-order valence-electron chi connectivity index (χ1n) is 11.0. The number of aromatic nitrogens is 3. The first kappa shape index (κ1) is 21.0. The van der Waals surface area contributed by atoms with E-state index in [-0.39, 0.29) is 0 Å². The lowest BCUT2D eigenvalue weighted by Crippen LogP contribution is -2.35. The summed E-state index contributed by atoms with van der Waals surface area (Å²) in [6.45, 7) is 1.83. The molecule has 5 rings (SSSR count). The maximum Gasteiger partial charge on any atom is 0.162 e. The number of ether oxygens (including phenoxy) is 2. The van der Waals surface area contributed by atoms with Gasteiger partial charge < -0.3 is 19.3 Å². The Morgan fingerprint density at radius 1 is 0.939 bits per heavy atom. The summed E-state index contributed by atoms with van der Waals surface area (Å²) in [5.74, 6) is 3.25. The normalized spacial score (nSPS) is 15.6. The van der Waals surface area contributed by atoms with Crippen molar-refractivity contribution < 1.29 is 9.47 Å². The Morgan fingerprint density at radius 2 is 1.67 bits per heavy atom. The van der Waals surface area contributed by atoms with Crippen LogP contribution in [0.15, 0.2) is 67.0 Å². The highest BCUT2D eigenvalue weighted by atomic mass is 16.5. The summed E-state index contributed by atoms with van der Waals surface area (Å²) < 4.78 is 10.9. The van der Waals surface area contributed by atoms with Gasteiger partial charge in [0, 0.05) is 73.4 Å². The van der Waals surface area contributed by atoms with Crippen LogP contribution in [-0.2, 0) is 0 Å². The fourth-order valence-corrected chi connectivity index (χ4v) is 4.40. The summed E-state index contributed by atoms with van der Waals surface area (Å²) in [5.41, 5.74) is 3.00. The smallest absolute Gasteiger partial charge is 0.162 e. The number of anilines is 2. The third-order valence-electron chi connectivity index (χ3n) is 6.27. The Kier molecular flexibility index (Phi) is 5.69. The number of hydrogen-bond acceptors (Lipinski definition) is 7. The molecule has 0 aliphatic carbocycles. The van der Waals surface area contributed by atoms with Crippen LogP contribution in [0.2, 0.25) is 0 Å². The molecule has 3 heterocycles. The summed E-state index contributed by atoms with van der Waals surface area (Å²) in [5, 5.41) is 1.05. The number of likely N-dealkylation sites (N-methyl/N-ethyl adjacent to an activating group) is 1. The van der Waals surface area contributed by atoms with Crippen molar-refractivity contribution in [2.24, 2.45) is 0 Å². The van der Waals surface area contributed by atoms with Gasteiger partial charge in [0.2, 0.25) is 0 Å². The molecule has 1 unspecified atom stereocenters. The van der Waals surface area contributed by atoms with Crippen molar-refractivity contribution >= 4 is 22.4 Å². The van der Waals surface area contributed by atoms with E-state index in [1.807, 2.05) is 36.4 Å². The van der Waals surface area contributed by atoms with Gasteiger partial charge in [-0.25, -0.2) is 9.97 Å². The van der Waals surface area contributed by atoms with Gasteiger partial charge in [-0.05, 0) is 30.7 Å². The second-order valence-corrected chi connectivity index (χ2v) is 8.19. The van der Waals surface area contributed by atoms with E-state index in [0.29, 0.717) is 11.9 Å². The summed E-state index contributed by atoms with van der Waals surface area (Å²) in [4.78, 5) is 18.6. The summed E-state index contributed by atoms with van der Waals surface area (Å²) in [6.07, 6.45) is 4.57. The molecule has 0 bridgehead atoms. The molecule has 1 aliphatic heterocycles. The van der Waals surface area contributed by atoms with Crippen molar-refractivity contribution in [2.45, 2.75) is 12.5 Å². The molecule has 2 aromatic carbocycles. The first-order chi connectivity index (χ1) is 16.2. The van der Waals surface area contributed by atoms with E-state index in [1.54, 1.807) is 26.6 Å². The van der Waals surface area contributed by atoms with Crippen LogP contribution in [0.5, 0.6) is 11.5 Å². The van der Waals surface area contributed by atoms with E-state index >= 15 is 0 Å². The predicted molar refractivity (Wildman–Crippen MR) is 131 cm³/mol. The lowest BCUT2D eigenvalue weighted by Gasteiger charge is -2.28. The van der Waals surface area contributed by atoms with Crippen molar-refractivity contribution in [3.8, 4) is 22.9 Å². The highest BCUT2D eigenvalue weighted by Crippen LogP contribution is 2.33. The van der Waals surface area contributed by atoms with E-state index in [1.165, 1.54) is 0 Å². The average Bonchev–Trinajstić information content (AvgIpc) is 3.38. The van der Waals surface area contributed by atoms with Crippen LogP contribution in [0.1, 0.15) is 6.42 Å². The predicted octanol–water partition coefficient (Wildman–Crippen LogP) is 4.42. The van der Waals surface area contributed by atoms with E-state index in [2.05, 4.69) is 40.0 Å². The molecule has 4 aromatic rings. The summed E-state index contributed by atoms with van der Waals surface area (Å²) in [6, 6.07) is 18.4. The van der Waals surface area contributed by atoms with Gasteiger partial charge in [0.15, 0.2) is 5.82 Å². The maximum atomic E-state index is 5.47. The third kappa shape index (κ3) is 4.14. The molecule has 0 spiro atoms. The van der Waals surface area contributed by atoms with Crippen LogP contribution in [0.3, 0.4) is 0 Å². The zero-order chi connectivity index (χ0) is 22.8. The zero-order valence-electron chi connectivity index (χ0n) is 19.1. The molecule has 0 N–H and O–H groups in total. The molecular weight excluding hydrogens is 414 g/mol. The lowest BCUT2D eigenvalue weighted by atomic mass is 10.1. The Labute approximate surface area is 193 Å². The number of fused-ring (bicyclic) bond motifs is 1. The first-order valence-corrected chi connectivity index (χ1v) is 11.0. The zero-order valence-corrected chi connectivity index (χ0v) is 19.1. The summed E-state index contributed by atoms with van der Waals surface area (Å²) >= 11 is 0. The Balaban J connectivity index is 1.47. The number of nitrogens with zero attached hydrogens (tertiary/aromatic N) is 5. The molecule has 33 heavy (non-hydrogen) atoms. The number of benzene rings is 2. The van der Waals surface area contributed by atoms with Crippen LogP contribution in [0.25, 0.3) is 22.3 Å². The molecular formula is C26H27N5O2. The highest BCUT2D eigenvalue weighted by Gasteiger charge is 2.28. The SMILES string of the molecule is COc1cc(OC)cc(N2CCC(N(C)c3nc(-c4ccncc4)nc4ccccc34)C2)c1. The summed E-state index contributed by atoms with van der Waals surface area (Å²) in [7, 11) is 5.49. The highest BCUT2D eigenvalue weighted by molar-refractivity contribution is 5.91. The van der Waals surface area contributed by atoms with Crippen molar-refractivity contribution in [1.29, 1.82) is 0 Å². The molecule has 1 atom stereocenters. The number of pyridine rings is 1. The van der Waals surface area contributed by atoms with Gasteiger partial charge in [-0.2, -0.15) is 0 Å². The van der Waals surface area contributed by atoms with Gasteiger partial charge in [0.25, 0.3) is 0 Å². The molecule has 1 aliphatic rings. The van der Waals surface area contributed by atoms with Crippen LogP contribution >= 0.6 is 0 Å². The van der Waals surface area contributed by atoms with Crippen molar-refractivity contribution in [3.05, 3.63) is 67.0 Å². The lowest BCUT2D eigenvalue weighted by molar-refractivity contribution is 0.394. The van der Waals surface area contributed by atoms with Gasteiger partial charge in [0.1, 0.15) is 17.3 Å². The minimum absolute atomic E-state index is 0.311. The van der Waals surface area contributed by atoms with Gasteiger partial charge >= 0.3 is 0 Å². The van der Waals surface area contributed by atoms with E-state index in [0.717, 1.165) is 59.0 Å². The Morgan fingerprint density at radius 3 is 2.39 bits per heavy atom. The van der Waals surface area contributed by atoms with E-state index in [4.69, 9.17) is 19.4 Å².